The Morgan fingerprint density at radius 3 is 2.48 bits per heavy atom. The highest BCUT2D eigenvalue weighted by Gasteiger charge is 2.26. The number of furan rings is 1. The maximum atomic E-state index is 12.4. The van der Waals surface area contributed by atoms with Gasteiger partial charge in [-0.3, -0.25) is 0 Å². The summed E-state index contributed by atoms with van der Waals surface area (Å²) < 4.78 is 32.6. The lowest BCUT2D eigenvalue weighted by molar-refractivity contribution is 0.256. The second-order valence-electron chi connectivity index (χ2n) is 5.32. The van der Waals surface area contributed by atoms with Gasteiger partial charge in [0.2, 0.25) is 10.0 Å². The van der Waals surface area contributed by atoms with Gasteiger partial charge >= 0.3 is 0 Å². The van der Waals surface area contributed by atoms with Gasteiger partial charge in [0, 0.05) is 24.7 Å². The van der Waals surface area contributed by atoms with E-state index in [1.807, 2.05) is 7.05 Å². The quantitative estimate of drug-likeness (QED) is 0.757. The van der Waals surface area contributed by atoms with E-state index in [4.69, 9.17) is 4.42 Å². The molecule has 0 radical (unpaired) electrons. The van der Waals surface area contributed by atoms with Gasteiger partial charge in [-0.05, 0) is 34.2 Å². The van der Waals surface area contributed by atoms with Crippen LogP contribution in [0.2, 0.25) is 0 Å². The summed E-state index contributed by atoms with van der Waals surface area (Å²) in [5.74, 6) is 0.742. The molecule has 21 heavy (non-hydrogen) atoms. The summed E-state index contributed by atoms with van der Waals surface area (Å²) in [6.07, 6.45) is 1.01. The molecule has 0 bridgehead atoms. The highest BCUT2D eigenvalue weighted by atomic mass is 32.2. The van der Waals surface area contributed by atoms with E-state index in [1.54, 1.807) is 13.8 Å². The lowest BCUT2D eigenvalue weighted by Crippen LogP contribution is -2.37. The summed E-state index contributed by atoms with van der Waals surface area (Å²) in [6, 6.07) is 0.403. The average Bonchev–Trinajstić information content (AvgIpc) is 2.71. The number of nitrogens with zero attached hydrogens (tertiary/aromatic N) is 1. The number of aliphatic hydroxyl groups excluding tert-OH is 1. The molecule has 0 saturated carbocycles. The van der Waals surface area contributed by atoms with Crippen molar-refractivity contribution in [3.05, 3.63) is 17.1 Å². The molecule has 0 aliphatic rings. The minimum absolute atomic E-state index is 0.0636. The Balaban J connectivity index is 2.79. The molecule has 2 N–H and O–H groups in total. The van der Waals surface area contributed by atoms with Gasteiger partial charge in [0.15, 0.2) is 0 Å². The van der Waals surface area contributed by atoms with Gasteiger partial charge in [0.1, 0.15) is 16.4 Å². The first-order valence-electron chi connectivity index (χ1n) is 7.14. The van der Waals surface area contributed by atoms with Crippen molar-refractivity contribution < 1.29 is 17.9 Å². The molecule has 0 saturated heterocycles. The zero-order valence-electron chi connectivity index (χ0n) is 13.4. The fraction of sp³-hybridized carbons (Fsp3) is 0.714. The molecule has 0 spiro atoms. The van der Waals surface area contributed by atoms with Gasteiger partial charge in [-0.2, -0.15) is 0 Å². The van der Waals surface area contributed by atoms with E-state index in [0.29, 0.717) is 36.2 Å². The van der Waals surface area contributed by atoms with Gasteiger partial charge < -0.3 is 14.4 Å². The Hall–Kier alpha value is -0.890. The molecule has 0 fully saturated rings. The molecule has 0 aromatic carbocycles. The SMILES string of the molecule is CCC(C)N(C)CCNS(=O)(=O)c1c(C)oc(C)c1CO. The third kappa shape index (κ3) is 4.29. The van der Waals surface area contributed by atoms with E-state index in [1.165, 1.54) is 0 Å². The first-order valence-corrected chi connectivity index (χ1v) is 8.62. The van der Waals surface area contributed by atoms with E-state index < -0.39 is 10.0 Å². The van der Waals surface area contributed by atoms with Crippen molar-refractivity contribution in [1.82, 2.24) is 9.62 Å². The molecule has 122 valence electrons. The molecule has 1 rings (SSSR count). The predicted molar refractivity (Wildman–Crippen MR) is 81.7 cm³/mol. The number of hydrogen-bond acceptors (Lipinski definition) is 5. The van der Waals surface area contributed by atoms with Crippen LogP contribution in [-0.4, -0.2) is 44.6 Å². The molecule has 0 aliphatic carbocycles. The number of rotatable bonds is 8. The van der Waals surface area contributed by atoms with Crippen molar-refractivity contribution in [2.24, 2.45) is 0 Å². The molecular formula is C14H26N2O4S. The third-order valence-electron chi connectivity index (χ3n) is 3.85. The molecular weight excluding hydrogens is 292 g/mol. The maximum absolute atomic E-state index is 12.4. The standard InChI is InChI=1S/C14H26N2O4S/c1-6-10(2)16(5)8-7-15-21(18,19)14-12(4)20-11(3)13(14)9-17/h10,15,17H,6-9H2,1-5H3. The Labute approximate surface area is 127 Å². The van der Waals surface area contributed by atoms with E-state index in [2.05, 4.69) is 23.5 Å². The van der Waals surface area contributed by atoms with Crippen LogP contribution in [-0.2, 0) is 16.6 Å². The van der Waals surface area contributed by atoms with Crippen molar-refractivity contribution in [2.45, 2.75) is 51.7 Å². The summed E-state index contributed by atoms with van der Waals surface area (Å²) in [5, 5.41) is 9.33. The van der Waals surface area contributed by atoms with E-state index in [-0.39, 0.29) is 11.5 Å². The van der Waals surface area contributed by atoms with Crippen molar-refractivity contribution >= 4 is 10.0 Å². The fourth-order valence-corrected chi connectivity index (χ4v) is 3.66. The monoisotopic (exact) mass is 318 g/mol. The Kier molecular flexibility index (Phi) is 6.40. The predicted octanol–water partition coefficient (Wildman–Crippen LogP) is 1.40. The Bertz CT molecular complexity index is 566. The van der Waals surface area contributed by atoms with Crippen LogP contribution in [0.4, 0.5) is 0 Å². The number of aliphatic hydroxyl groups is 1. The lowest BCUT2D eigenvalue weighted by atomic mass is 10.2. The second kappa shape index (κ2) is 7.40. The van der Waals surface area contributed by atoms with Crippen LogP contribution in [0.1, 0.15) is 37.4 Å². The highest BCUT2D eigenvalue weighted by molar-refractivity contribution is 7.89. The third-order valence-corrected chi connectivity index (χ3v) is 5.51. The van der Waals surface area contributed by atoms with Crippen molar-refractivity contribution in [2.75, 3.05) is 20.1 Å². The van der Waals surface area contributed by atoms with Gasteiger partial charge in [0.05, 0.1) is 6.61 Å². The van der Waals surface area contributed by atoms with E-state index in [9.17, 15) is 13.5 Å². The number of likely N-dealkylation sites (N-methyl/N-ethyl adjacent to an activating group) is 1. The van der Waals surface area contributed by atoms with Crippen LogP contribution in [0.3, 0.4) is 0 Å². The van der Waals surface area contributed by atoms with Gasteiger partial charge in [-0.25, -0.2) is 13.1 Å². The van der Waals surface area contributed by atoms with Gasteiger partial charge in [0.25, 0.3) is 0 Å². The van der Waals surface area contributed by atoms with Crippen LogP contribution in [0.5, 0.6) is 0 Å². The summed E-state index contributed by atoms with van der Waals surface area (Å²) in [6.45, 7) is 8.02. The molecule has 1 aromatic heterocycles. The molecule has 0 aliphatic heterocycles. The van der Waals surface area contributed by atoms with Crippen LogP contribution in [0.15, 0.2) is 9.31 Å². The molecule has 0 amide bonds. The molecule has 6 nitrogen and oxygen atoms in total. The van der Waals surface area contributed by atoms with Crippen LogP contribution < -0.4 is 4.72 Å². The van der Waals surface area contributed by atoms with Crippen LogP contribution in [0.25, 0.3) is 0 Å². The summed E-state index contributed by atoms with van der Waals surface area (Å²) >= 11 is 0. The van der Waals surface area contributed by atoms with Crippen LogP contribution in [0, 0.1) is 13.8 Å². The minimum atomic E-state index is -3.67. The molecule has 1 heterocycles. The van der Waals surface area contributed by atoms with Crippen LogP contribution >= 0.6 is 0 Å². The number of sulfonamides is 1. The fourth-order valence-electron chi connectivity index (χ4n) is 2.21. The van der Waals surface area contributed by atoms with Gasteiger partial charge in [-0.15, -0.1) is 0 Å². The Morgan fingerprint density at radius 1 is 1.33 bits per heavy atom. The van der Waals surface area contributed by atoms with E-state index in [0.717, 1.165) is 6.42 Å². The van der Waals surface area contributed by atoms with Crippen molar-refractivity contribution in [3.63, 3.8) is 0 Å². The van der Waals surface area contributed by atoms with E-state index >= 15 is 0 Å². The number of hydrogen-bond donors (Lipinski definition) is 2. The first kappa shape index (κ1) is 18.2. The zero-order chi connectivity index (χ0) is 16.2. The highest BCUT2D eigenvalue weighted by Crippen LogP contribution is 2.26. The maximum Gasteiger partial charge on any atom is 0.244 e. The smallest absolute Gasteiger partial charge is 0.244 e. The average molecular weight is 318 g/mol. The molecule has 1 atom stereocenters. The second-order valence-corrected chi connectivity index (χ2v) is 7.02. The molecule has 1 unspecified atom stereocenters. The number of aryl methyl sites for hydroxylation is 2. The largest absolute Gasteiger partial charge is 0.465 e. The van der Waals surface area contributed by atoms with Crippen molar-refractivity contribution in [3.8, 4) is 0 Å². The first-order chi connectivity index (χ1) is 9.74. The lowest BCUT2D eigenvalue weighted by Gasteiger charge is -2.23. The summed E-state index contributed by atoms with van der Waals surface area (Å²) in [5.41, 5.74) is 0.329. The minimum Gasteiger partial charge on any atom is -0.465 e. The number of nitrogens with one attached hydrogen (secondary N) is 1. The topological polar surface area (TPSA) is 82.8 Å². The zero-order valence-corrected chi connectivity index (χ0v) is 14.2. The summed E-state index contributed by atoms with van der Waals surface area (Å²) in [4.78, 5) is 2.16. The van der Waals surface area contributed by atoms with Gasteiger partial charge in [-0.1, -0.05) is 6.92 Å². The normalized spacial score (nSPS) is 13.9. The Morgan fingerprint density at radius 2 is 1.95 bits per heavy atom. The summed E-state index contributed by atoms with van der Waals surface area (Å²) in [7, 11) is -1.70. The van der Waals surface area contributed by atoms with Crippen molar-refractivity contribution in [1.29, 1.82) is 0 Å². The molecule has 7 heteroatoms. The molecule has 1 aromatic rings.